The van der Waals surface area contributed by atoms with Crippen LogP contribution in [0.15, 0.2) is 54.6 Å². The molecule has 5 N–H and O–H groups in total. The minimum Gasteiger partial charge on any atom is -0.457 e. The number of hydrogen-bond donors (Lipinski definition) is 4. The highest BCUT2D eigenvalue weighted by molar-refractivity contribution is 5.92. The second-order valence-electron chi connectivity index (χ2n) is 6.79. The Bertz CT molecular complexity index is 1090. The SMILES string of the molecule is CC(Nc1cc(C(N)=O)nc(-c2ccc(Oc3ccc(F)cc3)cc2)n1)C(=O)NCCO. The Morgan fingerprint density at radius 3 is 2.31 bits per heavy atom. The summed E-state index contributed by atoms with van der Waals surface area (Å²) in [4.78, 5) is 32.3. The predicted octanol–water partition coefficient (Wildman–Crippen LogP) is 2.08. The standard InChI is InChI=1S/C22H22FN5O4/c1-13(22(31)25-10-11-29)26-19-12-18(20(24)30)27-21(28-19)14-2-6-16(7-3-14)32-17-8-4-15(23)5-9-17/h2-9,12-13,29H,10-11H2,1H3,(H2,24,30)(H,25,31)(H,26,27,28). The first-order valence-electron chi connectivity index (χ1n) is 9.73. The highest BCUT2D eigenvalue weighted by Gasteiger charge is 2.16. The van der Waals surface area contributed by atoms with Gasteiger partial charge in [0.25, 0.3) is 5.91 Å². The second-order valence-corrected chi connectivity index (χ2v) is 6.79. The molecule has 1 unspecified atom stereocenters. The van der Waals surface area contributed by atoms with Crippen molar-refractivity contribution < 1.29 is 23.8 Å². The van der Waals surface area contributed by atoms with Gasteiger partial charge in [0, 0.05) is 18.2 Å². The van der Waals surface area contributed by atoms with E-state index in [1.54, 1.807) is 31.2 Å². The Morgan fingerprint density at radius 2 is 1.72 bits per heavy atom. The maximum Gasteiger partial charge on any atom is 0.267 e. The van der Waals surface area contributed by atoms with Gasteiger partial charge in [0.05, 0.1) is 6.61 Å². The molecule has 32 heavy (non-hydrogen) atoms. The lowest BCUT2D eigenvalue weighted by molar-refractivity contribution is -0.121. The fourth-order valence-corrected chi connectivity index (χ4v) is 2.71. The summed E-state index contributed by atoms with van der Waals surface area (Å²) in [5.74, 6) is 0.00321. The van der Waals surface area contributed by atoms with E-state index in [0.717, 1.165) is 0 Å². The molecule has 0 saturated heterocycles. The van der Waals surface area contributed by atoms with Crippen molar-refractivity contribution >= 4 is 17.6 Å². The van der Waals surface area contributed by atoms with Crippen LogP contribution in [0, 0.1) is 5.82 Å². The molecule has 9 nitrogen and oxygen atoms in total. The number of aromatic nitrogens is 2. The molecule has 0 saturated carbocycles. The van der Waals surface area contributed by atoms with Crippen LogP contribution in [-0.2, 0) is 4.79 Å². The van der Waals surface area contributed by atoms with E-state index in [1.165, 1.54) is 30.3 Å². The number of aliphatic hydroxyl groups is 1. The van der Waals surface area contributed by atoms with Gasteiger partial charge < -0.3 is 26.2 Å². The summed E-state index contributed by atoms with van der Waals surface area (Å²) in [6.45, 7) is 1.56. The normalized spacial score (nSPS) is 11.5. The number of nitrogens with one attached hydrogen (secondary N) is 2. The minimum atomic E-state index is -0.745. The molecule has 2 aromatic carbocycles. The zero-order valence-electron chi connectivity index (χ0n) is 17.2. The molecule has 1 heterocycles. The molecule has 0 aliphatic heterocycles. The highest BCUT2D eigenvalue weighted by Crippen LogP contribution is 2.25. The van der Waals surface area contributed by atoms with Crippen molar-refractivity contribution in [3.8, 4) is 22.9 Å². The molecule has 0 spiro atoms. The van der Waals surface area contributed by atoms with E-state index in [1.807, 2.05) is 0 Å². The molecule has 166 valence electrons. The average Bonchev–Trinajstić information content (AvgIpc) is 2.79. The van der Waals surface area contributed by atoms with Gasteiger partial charge in [0.2, 0.25) is 5.91 Å². The van der Waals surface area contributed by atoms with Gasteiger partial charge in [-0.2, -0.15) is 0 Å². The van der Waals surface area contributed by atoms with Crippen molar-refractivity contribution in [2.24, 2.45) is 5.73 Å². The van der Waals surface area contributed by atoms with Crippen LogP contribution >= 0.6 is 0 Å². The van der Waals surface area contributed by atoms with Crippen molar-refractivity contribution in [1.82, 2.24) is 15.3 Å². The quantitative estimate of drug-likeness (QED) is 0.400. The molecule has 0 fully saturated rings. The second kappa shape index (κ2) is 10.3. The van der Waals surface area contributed by atoms with Crippen LogP contribution in [0.2, 0.25) is 0 Å². The maximum atomic E-state index is 13.0. The van der Waals surface area contributed by atoms with E-state index in [9.17, 15) is 14.0 Å². The topological polar surface area (TPSA) is 139 Å². The van der Waals surface area contributed by atoms with Gasteiger partial charge in [-0.05, 0) is 55.5 Å². The highest BCUT2D eigenvalue weighted by atomic mass is 19.1. The summed E-state index contributed by atoms with van der Waals surface area (Å²) in [6, 6.07) is 13.0. The van der Waals surface area contributed by atoms with E-state index in [4.69, 9.17) is 15.6 Å². The van der Waals surface area contributed by atoms with Crippen molar-refractivity contribution in [3.63, 3.8) is 0 Å². The number of hydrogen-bond acceptors (Lipinski definition) is 7. The summed E-state index contributed by atoms with van der Waals surface area (Å²) in [5, 5.41) is 14.3. The van der Waals surface area contributed by atoms with Crippen molar-refractivity contribution in [2.75, 3.05) is 18.5 Å². The number of carbonyl (C=O) groups excluding carboxylic acids is 2. The smallest absolute Gasteiger partial charge is 0.267 e. The fraction of sp³-hybridized carbons (Fsp3) is 0.182. The number of ether oxygens (including phenoxy) is 1. The number of primary amides is 1. The number of nitrogens with zero attached hydrogens (tertiary/aromatic N) is 2. The summed E-state index contributed by atoms with van der Waals surface area (Å²) >= 11 is 0. The number of nitrogens with two attached hydrogens (primary N) is 1. The molecular weight excluding hydrogens is 417 g/mol. The molecule has 0 radical (unpaired) electrons. The zero-order chi connectivity index (χ0) is 23.1. The number of halogens is 1. The largest absolute Gasteiger partial charge is 0.457 e. The van der Waals surface area contributed by atoms with Gasteiger partial charge in [-0.25, -0.2) is 14.4 Å². The molecule has 0 aliphatic carbocycles. The van der Waals surface area contributed by atoms with Gasteiger partial charge in [-0.15, -0.1) is 0 Å². The van der Waals surface area contributed by atoms with Gasteiger partial charge in [-0.1, -0.05) is 0 Å². The van der Waals surface area contributed by atoms with E-state index in [-0.39, 0.29) is 42.2 Å². The third-order valence-electron chi connectivity index (χ3n) is 4.31. The van der Waals surface area contributed by atoms with Crippen LogP contribution in [0.1, 0.15) is 17.4 Å². The third kappa shape index (κ3) is 5.99. The van der Waals surface area contributed by atoms with E-state index < -0.39 is 11.9 Å². The minimum absolute atomic E-state index is 0.0212. The molecule has 10 heteroatoms. The monoisotopic (exact) mass is 439 g/mol. The maximum absolute atomic E-state index is 13.0. The molecular formula is C22H22FN5O4. The molecule has 3 aromatic rings. The Labute approximate surface area is 183 Å². The van der Waals surface area contributed by atoms with Crippen molar-refractivity contribution in [1.29, 1.82) is 0 Å². The summed E-state index contributed by atoms with van der Waals surface area (Å²) in [7, 11) is 0. The number of anilines is 1. The van der Waals surface area contributed by atoms with Crippen LogP contribution in [-0.4, -0.2) is 46.1 Å². The van der Waals surface area contributed by atoms with E-state index >= 15 is 0 Å². The Morgan fingerprint density at radius 1 is 1.09 bits per heavy atom. The Hall–Kier alpha value is -4.05. The fourth-order valence-electron chi connectivity index (χ4n) is 2.71. The van der Waals surface area contributed by atoms with Crippen LogP contribution in [0.3, 0.4) is 0 Å². The molecule has 3 rings (SSSR count). The summed E-state index contributed by atoms with van der Waals surface area (Å²) in [6.07, 6.45) is 0. The number of carbonyl (C=O) groups is 2. The number of rotatable bonds is 9. The Kier molecular flexibility index (Phi) is 7.29. The summed E-state index contributed by atoms with van der Waals surface area (Å²) in [5.41, 5.74) is 5.96. The first kappa shape index (κ1) is 22.6. The zero-order valence-corrected chi connectivity index (χ0v) is 17.2. The molecule has 1 atom stereocenters. The molecule has 2 amide bonds. The first-order chi connectivity index (χ1) is 15.4. The Balaban J connectivity index is 1.80. The van der Waals surface area contributed by atoms with Gasteiger partial charge in [-0.3, -0.25) is 9.59 Å². The van der Waals surface area contributed by atoms with E-state index in [2.05, 4.69) is 20.6 Å². The predicted molar refractivity (Wildman–Crippen MR) is 116 cm³/mol. The average molecular weight is 439 g/mol. The van der Waals surface area contributed by atoms with Crippen LogP contribution < -0.4 is 21.1 Å². The lowest BCUT2D eigenvalue weighted by atomic mass is 10.2. The molecule has 0 bridgehead atoms. The molecule has 0 aliphatic rings. The third-order valence-corrected chi connectivity index (χ3v) is 4.31. The number of amides is 2. The van der Waals surface area contributed by atoms with E-state index in [0.29, 0.717) is 17.1 Å². The lowest BCUT2D eigenvalue weighted by Gasteiger charge is -2.15. The van der Waals surface area contributed by atoms with Crippen LogP contribution in [0.5, 0.6) is 11.5 Å². The number of aliphatic hydroxyl groups excluding tert-OH is 1. The van der Waals surface area contributed by atoms with Crippen molar-refractivity contribution in [2.45, 2.75) is 13.0 Å². The first-order valence-corrected chi connectivity index (χ1v) is 9.73. The van der Waals surface area contributed by atoms with Gasteiger partial charge in [0.1, 0.15) is 34.9 Å². The molecule has 1 aromatic heterocycles. The van der Waals surface area contributed by atoms with Gasteiger partial charge >= 0.3 is 0 Å². The van der Waals surface area contributed by atoms with Crippen LogP contribution in [0.25, 0.3) is 11.4 Å². The van der Waals surface area contributed by atoms with Crippen LogP contribution in [0.4, 0.5) is 10.2 Å². The van der Waals surface area contributed by atoms with Gasteiger partial charge in [0.15, 0.2) is 5.82 Å². The summed E-state index contributed by atoms with van der Waals surface area (Å²) < 4.78 is 18.7. The number of benzene rings is 2. The van der Waals surface area contributed by atoms with Crippen molar-refractivity contribution in [3.05, 3.63) is 66.1 Å². The lowest BCUT2D eigenvalue weighted by Crippen LogP contribution is -2.39.